The number of rotatable bonds is 6. The molecule has 0 amide bonds. The lowest BCUT2D eigenvalue weighted by Crippen LogP contribution is -2.65. The van der Waals surface area contributed by atoms with Crippen LogP contribution in [0.2, 0.25) is 0 Å². The van der Waals surface area contributed by atoms with Crippen LogP contribution in [0.3, 0.4) is 0 Å². The predicted molar refractivity (Wildman–Crippen MR) is 187 cm³/mol. The van der Waals surface area contributed by atoms with Crippen LogP contribution in [-0.2, 0) is 23.7 Å². The summed E-state index contributed by atoms with van der Waals surface area (Å²) in [5, 5.41) is 74.7. The predicted octanol–water partition coefficient (Wildman–Crippen LogP) is 3.13. The highest BCUT2D eigenvalue weighted by atomic mass is 16.8. The normalized spacial score (nSPS) is 54.5. The molecular weight excluding hydrogens is 672 g/mol. The Kier molecular flexibility index (Phi) is 10.1. The second-order valence-corrected chi connectivity index (χ2v) is 19.4. The molecule has 12 nitrogen and oxygen atoms in total. The van der Waals surface area contributed by atoms with Gasteiger partial charge in [0.05, 0.1) is 30.8 Å². The van der Waals surface area contributed by atoms with Gasteiger partial charge in [-0.25, -0.2) is 0 Å². The number of aliphatic hydroxyl groups excluding tert-OH is 6. The van der Waals surface area contributed by atoms with E-state index in [-0.39, 0.29) is 41.3 Å². The van der Waals surface area contributed by atoms with Crippen molar-refractivity contribution in [1.82, 2.24) is 0 Å². The van der Waals surface area contributed by atoms with Crippen molar-refractivity contribution in [2.45, 2.75) is 167 Å². The van der Waals surface area contributed by atoms with Gasteiger partial charge >= 0.3 is 5.97 Å². The zero-order valence-corrected chi connectivity index (χ0v) is 31.8. The maximum absolute atomic E-state index is 12.9. The molecule has 6 fully saturated rings. The first-order chi connectivity index (χ1) is 24.3. The van der Waals surface area contributed by atoms with E-state index in [9.17, 15) is 40.5 Å². The van der Waals surface area contributed by atoms with Crippen molar-refractivity contribution in [1.29, 1.82) is 0 Å². The molecule has 0 aromatic carbocycles. The molecule has 0 radical (unpaired) electrons. The molecule has 7 rings (SSSR count). The van der Waals surface area contributed by atoms with Crippen LogP contribution in [0.15, 0.2) is 11.6 Å². The largest absolute Gasteiger partial charge is 0.481 e. The van der Waals surface area contributed by atoms with E-state index in [0.29, 0.717) is 18.3 Å². The molecule has 0 aromatic rings. The number of aliphatic hydroxyl groups is 6. The summed E-state index contributed by atoms with van der Waals surface area (Å²) in [7, 11) is 0. The minimum absolute atomic E-state index is 0.00736. The molecule has 52 heavy (non-hydrogen) atoms. The number of ether oxygens (including phenoxy) is 4. The Morgan fingerprint density at radius 3 is 2.21 bits per heavy atom. The lowest BCUT2D eigenvalue weighted by molar-refractivity contribution is -0.365. The summed E-state index contributed by atoms with van der Waals surface area (Å²) in [6.45, 7) is 12.7. The SMILES string of the molecule is CC1OC(OC2C(OC3CCC4(C)C(CCC5(C)C6CCC7(C(=O)O)CCC(C)(C)CC7C6=CCC54)C3(C)CO)OCC(O)C2O)C(O)C(O)C1O. The molecule has 4 saturated carbocycles. The highest BCUT2D eigenvalue weighted by Crippen LogP contribution is 2.72. The summed E-state index contributed by atoms with van der Waals surface area (Å²) in [5.41, 5.74) is 0.0510. The van der Waals surface area contributed by atoms with Gasteiger partial charge in [-0.3, -0.25) is 4.79 Å². The first kappa shape index (κ1) is 39.1. The van der Waals surface area contributed by atoms with E-state index in [2.05, 4.69) is 40.7 Å². The number of hydrogen-bond acceptors (Lipinski definition) is 11. The van der Waals surface area contributed by atoms with E-state index in [4.69, 9.17) is 18.9 Å². The molecule has 2 heterocycles. The third-order valence-electron chi connectivity index (χ3n) is 16.2. The van der Waals surface area contributed by atoms with Gasteiger partial charge in [-0.15, -0.1) is 0 Å². The van der Waals surface area contributed by atoms with Crippen molar-refractivity contribution in [3.63, 3.8) is 0 Å². The zero-order chi connectivity index (χ0) is 37.8. The number of fused-ring (bicyclic) bond motifs is 7. The van der Waals surface area contributed by atoms with E-state index in [1.807, 2.05) is 0 Å². The van der Waals surface area contributed by atoms with Gasteiger partial charge in [-0.1, -0.05) is 46.3 Å². The van der Waals surface area contributed by atoms with Crippen molar-refractivity contribution in [2.24, 2.45) is 50.7 Å². The first-order valence-corrected chi connectivity index (χ1v) is 19.9. The van der Waals surface area contributed by atoms with Gasteiger partial charge in [-0.05, 0) is 111 Å². The van der Waals surface area contributed by atoms with Gasteiger partial charge in [0, 0.05) is 5.41 Å². The summed E-state index contributed by atoms with van der Waals surface area (Å²) < 4.78 is 24.3. The fourth-order valence-electron chi connectivity index (χ4n) is 13.0. The smallest absolute Gasteiger partial charge is 0.310 e. The topological polar surface area (TPSA) is 196 Å². The molecule has 0 bridgehead atoms. The Labute approximate surface area is 307 Å². The third kappa shape index (κ3) is 5.87. The van der Waals surface area contributed by atoms with Crippen LogP contribution in [0.25, 0.3) is 0 Å². The Morgan fingerprint density at radius 1 is 0.808 bits per heavy atom. The number of carbonyl (C=O) groups is 1. The van der Waals surface area contributed by atoms with Crippen molar-refractivity contribution < 1.29 is 59.5 Å². The molecule has 2 aliphatic heterocycles. The lowest BCUT2D eigenvalue weighted by atomic mass is 9.37. The van der Waals surface area contributed by atoms with Crippen LogP contribution < -0.4 is 0 Å². The summed E-state index contributed by atoms with van der Waals surface area (Å²) in [5.74, 6) is 0.231. The maximum atomic E-state index is 12.9. The van der Waals surface area contributed by atoms with E-state index in [1.165, 1.54) is 12.5 Å². The average Bonchev–Trinajstić information content (AvgIpc) is 3.09. The number of aliphatic carboxylic acids is 1. The van der Waals surface area contributed by atoms with Crippen LogP contribution in [0, 0.1) is 50.7 Å². The quantitative estimate of drug-likeness (QED) is 0.156. The second kappa shape index (κ2) is 13.5. The molecule has 7 N–H and O–H groups in total. The van der Waals surface area contributed by atoms with Gasteiger partial charge in [0.1, 0.15) is 36.6 Å². The van der Waals surface area contributed by atoms with Gasteiger partial charge in [0.15, 0.2) is 12.6 Å². The van der Waals surface area contributed by atoms with Crippen LogP contribution in [0.1, 0.15) is 106 Å². The molecule has 0 spiro atoms. The fraction of sp³-hybridized carbons (Fsp3) is 0.925. The van der Waals surface area contributed by atoms with Crippen LogP contribution in [-0.4, -0.2) is 116 Å². The second-order valence-electron chi connectivity index (χ2n) is 19.4. The molecule has 18 unspecified atom stereocenters. The van der Waals surface area contributed by atoms with Crippen molar-refractivity contribution >= 4 is 5.97 Å². The number of carboxylic acid groups (broad SMARTS) is 1. The van der Waals surface area contributed by atoms with E-state index in [1.54, 1.807) is 0 Å². The minimum Gasteiger partial charge on any atom is -0.481 e. The first-order valence-electron chi connectivity index (χ1n) is 19.9. The molecular formula is C40H64O12. The van der Waals surface area contributed by atoms with Crippen molar-refractivity contribution in [3.8, 4) is 0 Å². The van der Waals surface area contributed by atoms with Crippen LogP contribution in [0.5, 0.6) is 0 Å². The van der Waals surface area contributed by atoms with Gasteiger partial charge in [0.2, 0.25) is 0 Å². The molecule has 7 aliphatic rings. The Morgan fingerprint density at radius 2 is 1.52 bits per heavy atom. The van der Waals surface area contributed by atoms with Crippen molar-refractivity contribution in [3.05, 3.63) is 11.6 Å². The van der Waals surface area contributed by atoms with E-state index >= 15 is 0 Å². The Hall–Kier alpha value is -1.19. The fourth-order valence-corrected chi connectivity index (χ4v) is 13.0. The molecule has 2 saturated heterocycles. The van der Waals surface area contributed by atoms with Gasteiger partial charge < -0.3 is 54.7 Å². The number of carboxylic acids is 1. The average molecular weight is 737 g/mol. The third-order valence-corrected chi connectivity index (χ3v) is 16.2. The van der Waals surface area contributed by atoms with E-state index < -0.39 is 78.2 Å². The Bertz CT molecular complexity index is 1390. The highest BCUT2D eigenvalue weighted by molar-refractivity contribution is 5.76. The zero-order valence-electron chi connectivity index (χ0n) is 31.8. The lowest BCUT2D eigenvalue weighted by Gasteiger charge is -2.68. The molecule has 0 aromatic heterocycles. The summed E-state index contributed by atoms with van der Waals surface area (Å²) in [4.78, 5) is 12.9. The van der Waals surface area contributed by atoms with Crippen LogP contribution in [0.4, 0.5) is 0 Å². The summed E-state index contributed by atoms with van der Waals surface area (Å²) in [6.07, 6.45) is -1.59. The van der Waals surface area contributed by atoms with Crippen molar-refractivity contribution in [2.75, 3.05) is 13.2 Å². The molecule has 296 valence electrons. The Balaban J connectivity index is 1.13. The van der Waals surface area contributed by atoms with Crippen LogP contribution >= 0.6 is 0 Å². The minimum atomic E-state index is -1.62. The summed E-state index contributed by atoms with van der Waals surface area (Å²) >= 11 is 0. The van der Waals surface area contributed by atoms with E-state index in [0.717, 1.165) is 57.8 Å². The number of allylic oxidation sites excluding steroid dienone is 2. The van der Waals surface area contributed by atoms with Gasteiger partial charge in [0.25, 0.3) is 0 Å². The molecule has 5 aliphatic carbocycles. The van der Waals surface area contributed by atoms with Gasteiger partial charge in [-0.2, -0.15) is 0 Å². The molecule has 18 atom stereocenters. The highest BCUT2D eigenvalue weighted by Gasteiger charge is 2.67. The maximum Gasteiger partial charge on any atom is 0.310 e. The standard InChI is InChI=1S/C40H64O12/c1-20-28(43)30(45)31(46)33(50-20)52-32-29(44)24(42)18-49-34(32)51-27-11-13-38(5)25-8-7-21-22(37(25,4)12-10-26(38)39(27,6)19-41)9-14-40(35(47)48)16-15-36(2,3)17-23(21)40/h7,20,22-34,41-46H,8-19H2,1-6H3,(H,47,48). The number of hydrogen-bond donors (Lipinski definition) is 7. The monoisotopic (exact) mass is 736 g/mol. The summed E-state index contributed by atoms with van der Waals surface area (Å²) in [6, 6.07) is 0. The molecule has 12 heteroatoms.